The molecular weight excluding hydrogens is 251 g/mol. The first-order valence-corrected chi connectivity index (χ1v) is 5.33. The van der Waals surface area contributed by atoms with Crippen molar-refractivity contribution in [1.82, 2.24) is 9.97 Å². The molecule has 1 aromatic heterocycles. The maximum Gasteiger partial charge on any atom is 0.122 e. The summed E-state index contributed by atoms with van der Waals surface area (Å²) < 4.78 is 0.582. The normalized spacial score (nSPS) is 10.3. The smallest absolute Gasteiger partial charge is 0.122 e. The lowest BCUT2D eigenvalue weighted by Gasteiger charge is -2.02. The lowest BCUT2D eigenvalue weighted by atomic mass is 10.2. The molecule has 1 aromatic carbocycles. The van der Waals surface area contributed by atoms with Gasteiger partial charge in [-0.15, -0.1) is 0 Å². The largest absolute Gasteiger partial charge is 0.344 e. The Morgan fingerprint density at radius 2 is 1.93 bits per heavy atom. The standard InChI is InChI=1S/C10H6Cl2N2S/c11-7-2-1-6(3-8(7)12)9-4-13-5-10(15)14-9/h1-5H,(H,14,15). The number of hydrogen-bond acceptors (Lipinski definition) is 2. The molecule has 0 aliphatic heterocycles. The highest BCUT2D eigenvalue weighted by atomic mass is 35.5. The minimum Gasteiger partial charge on any atom is -0.344 e. The molecule has 2 nitrogen and oxygen atoms in total. The fraction of sp³-hybridized carbons (Fsp3) is 0. The van der Waals surface area contributed by atoms with Crippen LogP contribution in [0.2, 0.25) is 10.0 Å². The van der Waals surface area contributed by atoms with Crippen molar-refractivity contribution in [3.8, 4) is 11.3 Å². The lowest BCUT2D eigenvalue weighted by Crippen LogP contribution is -1.85. The number of nitrogens with one attached hydrogen (secondary N) is 1. The molecule has 0 amide bonds. The number of halogens is 2. The summed E-state index contributed by atoms with van der Waals surface area (Å²) in [6.45, 7) is 0. The van der Waals surface area contributed by atoms with E-state index in [-0.39, 0.29) is 0 Å². The van der Waals surface area contributed by atoms with E-state index < -0.39 is 0 Å². The van der Waals surface area contributed by atoms with Crippen LogP contribution in [0.4, 0.5) is 0 Å². The molecule has 0 saturated carbocycles. The van der Waals surface area contributed by atoms with Crippen LogP contribution in [0.15, 0.2) is 30.6 Å². The van der Waals surface area contributed by atoms with E-state index in [1.807, 2.05) is 6.07 Å². The molecule has 0 atom stereocenters. The summed E-state index contributed by atoms with van der Waals surface area (Å²) in [6, 6.07) is 5.37. The zero-order valence-corrected chi connectivity index (χ0v) is 9.83. The van der Waals surface area contributed by atoms with Crippen molar-refractivity contribution in [3.05, 3.63) is 45.3 Å². The van der Waals surface area contributed by atoms with Crippen molar-refractivity contribution in [2.45, 2.75) is 0 Å². The van der Waals surface area contributed by atoms with E-state index in [4.69, 9.17) is 35.4 Å². The van der Waals surface area contributed by atoms with E-state index in [9.17, 15) is 0 Å². The second-order valence-corrected chi connectivity index (χ2v) is 4.19. The van der Waals surface area contributed by atoms with Crippen molar-refractivity contribution in [1.29, 1.82) is 0 Å². The number of aromatic nitrogens is 2. The molecule has 0 spiro atoms. The number of H-pyrrole nitrogens is 1. The van der Waals surface area contributed by atoms with Gasteiger partial charge >= 0.3 is 0 Å². The van der Waals surface area contributed by atoms with Crippen LogP contribution < -0.4 is 0 Å². The number of rotatable bonds is 1. The monoisotopic (exact) mass is 256 g/mol. The van der Waals surface area contributed by atoms with Gasteiger partial charge in [0.15, 0.2) is 0 Å². The second kappa shape index (κ2) is 4.31. The van der Waals surface area contributed by atoms with E-state index in [0.717, 1.165) is 11.3 Å². The summed E-state index contributed by atoms with van der Waals surface area (Å²) in [4.78, 5) is 7.02. The molecule has 0 radical (unpaired) electrons. The summed E-state index contributed by atoms with van der Waals surface area (Å²) in [7, 11) is 0. The Labute approximate surface area is 102 Å². The number of aromatic amines is 1. The van der Waals surface area contributed by atoms with Crippen LogP contribution in [0.1, 0.15) is 0 Å². The second-order valence-electron chi connectivity index (χ2n) is 2.94. The van der Waals surface area contributed by atoms with Crippen LogP contribution in [-0.4, -0.2) is 9.97 Å². The molecule has 1 heterocycles. The summed E-state index contributed by atoms with van der Waals surface area (Å²) in [5.74, 6) is 0. The first-order chi connectivity index (χ1) is 7.16. The topological polar surface area (TPSA) is 28.7 Å². The van der Waals surface area contributed by atoms with E-state index in [1.165, 1.54) is 0 Å². The van der Waals surface area contributed by atoms with Crippen LogP contribution in [0, 0.1) is 4.64 Å². The van der Waals surface area contributed by atoms with Crippen LogP contribution in [0.5, 0.6) is 0 Å². The van der Waals surface area contributed by atoms with Gasteiger partial charge in [-0.1, -0.05) is 41.5 Å². The molecule has 15 heavy (non-hydrogen) atoms. The van der Waals surface area contributed by atoms with E-state index in [2.05, 4.69) is 9.97 Å². The number of nitrogens with zero attached hydrogens (tertiary/aromatic N) is 1. The molecule has 0 saturated heterocycles. The predicted molar refractivity (Wildman–Crippen MR) is 64.9 cm³/mol. The fourth-order valence-corrected chi connectivity index (χ4v) is 1.66. The van der Waals surface area contributed by atoms with Crippen LogP contribution in [-0.2, 0) is 0 Å². The third-order valence-corrected chi connectivity index (χ3v) is 2.83. The third-order valence-electron chi connectivity index (χ3n) is 1.88. The molecular formula is C10H6Cl2N2S. The maximum atomic E-state index is 5.91. The van der Waals surface area contributed by atoms with Crippen molar-refractivity contribution >= 4 is 35.4 Å². The molecule has 0 aliphatic rings. The van der Waals surface area contributed by atoms with Crippen molar-refractivity contribution in [3.63, 3.8) is 0 Å². The molecule has 2 rings (SSSR count). The summed E-state index contributed by atoms with van der Waals surface area (Å²) >= 11 is 16.7. The highest BCUT2D eigenvalue weighted by Crippen LogP contribution is 2.26. The van der Waals surface area contributed by atoms with E-state index >= 15 is 0 Å². The SMILES string of the molecule is S=c1cncc(-c2ccc(Cl)c(Cl)c2)[nH]1. The van der Waals surface area contributed by atoms with Gasteiger partial charge in [0.05, 0.1) is 28.1 Å². The average molecular weight is 257 g/mol. The molecule has 5 heteroatoms. The molecule has 76 valence electrons. The minimum absolute atomic E-state index is 0.511. The Kier molecular flexibility index (Phi) is 3.05. The molecule has 1 N–H and O–H groups in total. The highest BCUT2D eigenvalue weighted by molar-refractivity contribution is 7.71. The quantitative estimate of drug-likeness (QED) is 0.778. The van der Waals surface area contributed by atoms with Crippen LogP contribution >= 0.6 is 35.4 Å². The first kappa shape index (κ1) is 10.6. The first-order valence-electron chi connectivity index (χ1n) is 4.16. The predicted octanol–water partition coefficient (Wildman–Crippen LogP) is 4.11. The van der Waals surface area contributed by atoms with Crippen molar-refractivity contribution in [2.24, 2.45) is 0 Å². The molecule has 0 fully saturated rings. The summed E-state index contributed by atoms with van der Waals surface area (Å²) in [5.41, 5.74) is 1.73. The van der Waals surface area contributed by atoms with Gasteiger partial charge < -0.3 is 4.98 Å². The van der Waals surface area contributed by atoms with Crippen molar-refractivity contribution < 1.29 is 0 Å². The van der Waals surface area contributed by atoms with Gasteiger partial charge in [0.1, 0.15) is 4.64 Å². The zero-order valence-electron chi connectivity index (χ0n) is 7.50. The van der Waals surface area contributed by atoms with E-state index in [0.29, 0.717) is 14.7 Å². The maximum absolute atomic E-state index is 5.91. The lowest BCUT2D eigenvalue weighted by molar-refractivity contribution is 1.18. The Morgan fingerprint density at radius 1 is 1.13 bits per heavy atom. The third kappa shape index (κ3) is 2.37. The molecule has 0 unspecified atom stereocenters. The fourth-order valence-electron chi connectivity index (χ4n) is 1.19. The van der Waals surface area contributed by atoms with Gasteiger partial charge in [-0.3, -0.25) is 4.98 Å². The Morgan fingerprint density at radius 3 is 2.60 bits per heavy atom. The van der Waals surface area contributed by atoms with Gasteiger partial charge in [-0.25, -0.2) is 0 Å². The Balaban J connectivity index is 2.55. The highest BCUT2D eigenvalue weighted by Gasteiger charge is 2.02. The van der Waals surface area contributed by atoms with Gasteiger partial charge in [0.25, 0.3) is 0 Å². The van der Waals surface area contributed by atoms with Gasteiger partial charge in [-0.05, 0) is 12.1 Å². The summed E-state index contributed by atoms with van der Waals surface area (Å²) in [6.07, 6.45) is 3.27. The summed E-state index contributed by atoms with van der Waals surface area (Å²) in [5, 5.41) is 1.04. The molecule has 0 bridgehead atoms. The Hall–Kier alpha value is -0.900. The average Bonchev–Trinajstić information content (AvgIpc) is 2.22. The Bertz CT molecular complexity index is 551. The van der Waals surface area contributed by atoms with E-state index in [1.54, 1.807) is 24.5 Å². The van der Waals surface area contributed by atoms with Crippen LogP contribution in [0.3, 0.4) is 0 Å². The number of hydrogen-bond donors (Lipinski definition) is 1. The van der Waals surface area contributed by atoms with Gasteiger partial charge in [0, 0.05) is 5.56 Å². The zero-order chi connectivity index (χ0) is 10.8. The van der Waals surface area contributed by atoms with Crippen molar-refractivity contribution in [2.75, 3.05) is 0 Å². The van der Waals surface area contributed by atoms with Gasteiger partial charge in [-0.2, -0.15) is 0 Å². The number of benzene rings is 1. The van der Waals surface area contributed by atoms with Gasteiger partial charge in [0.2, 0.25) is 0 Å². The molecule has 2 aromatic rings. The minimum atomic E-state index is 0.511. The molecule has 0 aliphatic carbocycles. The van der Waals surface area contributed by atoms with Crippen LogP contribution in [0.25, 0.3) is 11.3 Å².